The van der Waals surface area contributed by atoms with Gasteiger partial charge in [0.2, 0.25) is 0 Å². The number of hydrogen-bond acceptors (Lipinski definition) is 2. The number of nitrogens with zero attached hydrogens (tertiary/aromatic N) is 2. The van der Waals surface area contributed by atoms with Crippen molar-refractivity contribution in [3.63, 3.8) is 0 Å². The standard InChI is InChI=1S/C39H35BN2/c1-38-23-12-13-24-39(38,2)42-36-29(27-17-8-5-9-18-27)25-28(26-15-6-4-7-16-26)35-34(36)40(32-21-14-19-30(38)37(32)42)31-20-10-11-22-33(31)41(35)3/h4-11,14-22,25H,12-13,23-24H2,1-3H3/t38-,39?/m0/s1. The summed E-state index contributed by atoms with van der Waals surface area (Å²) in [6.07, 6.45) is 5.03. The van der Waals surface area contributed by atoms with Crippen LogP contribution in [0.15, 0.2) is 109 Å². The highest BCUT2D eigenvalue weighted by atomic mass is 15.3. The Morgan fingerprint density at radius 2 is 1.24 bits per heavy atom. The highest BCUT2D eigenvalue weighted by Gasteiger charge is 2.61. The average Bonchev–Trinajstić information content (AvgIpc) is 3.25. The fourth-order valence-corrected chi connectivity index (χ4v) is 9.24. The van der Waals surface area contributed by atoms with Gasteiger partial charge in [-0.2, -0.15) is 0 Å². The summed E-state index contributed by atoms with van der Waals surface area (Å²) in [5, 5.41) is 0. The second-order valence-corrected chi connectivity index (χ2v) is 13.3. The van der Waals surface area contributed by atoms with Gasteiger partial charge in [0.25, 0.3) is 6.71 Å². The van der Waals surface area contributed by atoms with Gasteiger partial charge >= 0.3 is 0 Å². The zero-order valence-corrected chi connectivity index (χ0v) is 24.7. The van der Waals surface area contributed by atoms with E-state index < -0.39 is 0 Å². The lowest BCUT2D eigenvalue weighted by molar-refractivity contribution is 0.195. The summed E-state index contributed by atoms with van der Waals surface area (Å²) >= 11 is 0. The maximum absolute atomic E-state index is 2.85. The SMILES string of the molecule is CN1c2ccccc2B2c3cccc4c3N(c3c(-c5ccccc5)cc(-c5ccccc5)c1c32)C1(C)CCCC[C@@]41C. The zero-order chi connectivity index (χ0) is 28.2. The summed E-state index contributed by atoms with van der Waals surface area (Å²) in [5.74, 6) is 0. The molecule has 3 heterocycles. The van der Waals surface area contributed by atoms with E-state index >= 15 is 0 Å². The van der Waals surface area contributed by atoms with E-state index in [1.807, 2.05) is 0 Å². The Kier molecular flexibility index (Phi) is 4.88. The van der Waals surface area contributed by atoms with E-state index in [0.717, 1.165) is 0 Å². The largest absolute Gasteiger partial charge is 0.345 e. The Labute approximate surface area is 249 Å². The van der Waals surface area contributed by atoms with Crippen molar-refractivity contribution in [3.05, 3.63) is 115 Å². The van der Waals surface area contributed by atoms with E-state index in [2.05, 4.69) is 140 Å². The molecule has 0 spiro atoms. The summed E-state index contributed by atoms with van der Waals surface area (Å²) in [6.45, 7) is 5.32. The summed E-state index contributed by atoms with van der Waals surface area (Å²) < 4.78 is 0. The molecule has 1 fully saturated rings. The van der Waals surface area contributed by atoms with E-state index in [1.54, 1.807) is 5.56 Å². The highest BCUT2D eigenvalue weighted by molar-refractivity contribution is 7.00. The quantitative estimate of drug-likeness (QED) is 0.211. The molecule has 5 aromatic rings. The molecule has 42 heavy (non-hydrogen) atoms. The first-order valence-electron chi connectivity index (χ1n) is 15.6. The van der Waals surface area contributed by atoms with Gasteiger partial charge in [-0.15, -0.1) is 0 Å². The first-order valence-corrected chi connectivity index (χ1v) is 15.6. The molecule has 0 aromatic heterocycles. The number of benzene rings is 5. The van der Waals surface area contributed by atoms with E-state index in [1.165, 1.54) is 87.1 Å². The highest BCUT2D eigenvalue weighted by Crippen LogP contribution is 2.62. The molecule has 2 atom stereocenters. The van der Waals surface area contributed by atoms with Crippen molar-refractivity contribution in [1.29, 1.82) is 0 Å². The van der Waals surface area contributed by atoms with Gasteiger partial charge in [-0.25, -0.2) is 0 Å². The van der Waals surface area contributed by atoms with Gasteiger partial charge in [0, 0.05) is 46.3 Å². The molecule has 1 unspecified atom stereocenters. The van der Waals surface area contributed by atoms with E-state index in [9.17, 15) is 0 Å². The topological polar surface area (TPSA) is 6.48 Å². The van der Waals surface area contributed by atoms with Crippen molar-refractivity contribution in [2.45, 2.75) is 50.5 Å². The Hall–Kier alpha value is -4.24. The van der Waals surface area contributed by atoms with Crippen molar-refractivity contribution in [3.8, 4) is 22.3 Å². The third kappa shape index (κ3) is 2.87. The molecule has 0 N–H and O–H groups in total. The summed E-state index contributed by atoms with van der Waals surface area (Å²) in [6, 6.07) is 41.0. The van der Waals surface area contributed by atoms with Crippen LogP contribution in [0.4, 0.5) is 22.7 Å². The Bertz CT molecular complexity index is 1900. The van der Waals surface area contributed by atoms with Gasteiger partial charge in [0.15, 0.2) is 0 Å². The molecule has 4 aliphatic rings. The van der Waals surface area contributed by atoms with E-state index in [0.29, 0.717) is 0 Å². The molecule has 2 nitrogen and oxygen atoms in total. The maximum Gasteiger partial charge on any atom is 0.252 e. The number of fused-ring (bicyclic) bond motifs is 7. The van der Waals surface area contributed by atoms with Crippen molar-refractivity contribution in [2.75, 3.05) is 16.8 Å². The van der Waals surface area contributed by atoms with Crippen molar-refractivity contribution in [1.82, 2.24) is 0 Å². The molecular formula is C39H35BN2. The predicted molar refractivity (Wildman–Crippen MR) is 179 cm³/mol. The van der Waals surface area contributed by atoms with E-state index in [-0.39, 0.29) is 17.7 Å². The summed E-state index contributed by atoms with van der Waals surface area (Å²) in [7, 11) is 2.28. The minimum absolute atomic E-state index is 0.00968. The fraction of sp³-hybridized carbons (Fsp3) is 0.231. The minimum atomic E-state index is 0.00968. The van der Waals surface area contributed by atoms with Gasteiger partial charge < -0.3 is 9.80 Å². The van der Waals surface area contributed by atoms with E-state index in [4.69, 9.17) is 0 Å². The molecule has 0 bridgehead atoms. The number of rotatable bonds is 2. The first-order chi connectivity index (χ1) is 20.5. The lowest BCUT2D eigenvalue weighted by Gasteiger charge is -2.53. The molecule has 9 rings (SSSR count). The molecule has 0 radical (unpaired) electrons. The van der Waals surface area contributed by atoms with Gasteiger partial charge in [0.05, 0.1) is 5.54 Å². The van der Waals surface area contributed by atoms with Gasteiger partial charge in [0.1, 0.15) is 0 Å². The second-order valence-electron chi connectivity index (χ2n) is 13.3. The van der Waals surface area contributed by atoms with Crippen LogP contribution in [0, 0.1) is 0 Å². The van der Waals surface area contributed by atoms with Crippen LogP contribution in [0.5, 0.6) is 0 Å². The lowest BCUT2D eigenvalue weighted by Crippen LogP contribution is -2.64. The molecule has 0 saturated heterocycles. The van der Waals surface area contributed by atoms with Crippen LogP contribution in [0.2, 0.25) is 0 Å². The van der Waals surface area contributed by atoms with Gasteiger partial charge in [-0.3, -0.25) is 0 Å². The third-order valence-electron chi connectivity index (χ3n) is 11.4. The molecule has 204 valence electrons. The smallest absolute Gasteiger partial charge is 0.252 e. The minimum Gasteiger partial charge on any atom is -0.345 e. The number of anilines is 4. The Balaban J connectivity index is 1.49. The first kappa shape index (κ1) is 24.4. The Morgan fingerprint density at radius 1 is 0.619 bits per heavy atom. The molecule has 3 aliphatic heterocycles. The number of hydrogen-bond donors (Lipinski definition) is 0. The molecule has 3 heteroatoms. The van der Waals surface area contributed by atoms with Crippen LogP contribution >= 0.6 is 0 Å². The zero-order valence-electron chi connectivity index (χ0n) is 24.7. The molecule has 1 aliphatic carbocycles. The van der Waals surface area contributed by atoms with Crippen LogP contribution in [0.25, 0.3) is 22.3 Å². The summed E-state index contributed by atoms with van der Waals surface area (Å²) in [4.78, 5) is 5.33. The third-order valence-corrected chi connectivity index (χ3v) is 11.4. The van der Waals surface area contributed by atoms with Crippen molar-refractivity contribution < 1.29 is 0 Å². The number of para-hydroxylation sites is 2. The molecule has 0 amide bonds. The van der Waals surface area contributed by atoms with Gasteiger partial charge in [-0.05, 0) is 65.0 Å². The molecule has 1 saturated carbocycles. The van der Waals surface area contributed by atoms with Crippen LogP contribution in [0.3, 0.4) is 0 Å². The van der Waals surface area contributed by atoms with Crippen LogP contribution in [-0.4, -0.2) is 19.3 Å². The second kappa shape index (κ2) is 8.41. The van der Waals surface area contributed by atoms with Crippen molar-refractivity contribution >= 4 is 45.9 Å². The van der Waals surface area contributed by atoms with Crippen molar-refractivity contribution in [2.24, 2.45) is 0 Å². The van der Waals surface area contributed by atoms with Crippen LogP contribution in [-0.2, 0) is 5.41 Å². The average molecular weight is 543 g/mol. The lowest BCUT2D eigenvalue weighted by atomic mass is 9.33. The molecular weight excluding hydrogens is 507 g/mol. The Morgan fingerprint density at radius 3 is 1.98 bits per heavy atom. The maximum atomic E-state index is 2.85. The molecule has 5 aromatic carbocycles. The normalized spacial score (nSPS) is 22.8. The van der Waals surface area contributed by atoms with Crippen LogP contribution < -0.4 is 26.2 Å². The monoisotopic (exact) mass is 542 g/mol. The summed E-state index contributed by atoms with van der Waals surface area (Å²) in [5.41, 5.74) is 16.8. The fourth-order valence-electron chi connectivity index (χ4n) is 9.24. The predicted octanol–water partition coefficient (Wildman–Crippen LogP) is 7.67. The van der Waals surface area contributed by atoms with Gasteiger partial charge in [-0.1, -0.05) is 117 Å². The van der Waals surface area contributed by atoms with Crippen LogP contribution in [0.1, 0.15) is 45.1 Å².